The fraction of sp³-hybridized carbons (Fsp3) is 0.111. The molecular formula is C36H13F7N8. The molecule has 0 aliphatic heterocycles. The number of aromatic nitrogens is 4. The highest BCUT2D eigenvalue weighted by Gasteiger charge is 2.39. The Morgan fingerprint density at radius 3 is 1.51 bits per heavy atom. The number of rotatable bonds is 2. The van der Waals surface area contributed by atoms with Crippen molar-refractivity contribution in [2.75, 3.05) is 0 Å². The van der Waals surface area contributed by atoms with Gasteiger partial charge in [0.05, 0.1) is 71.8 Å². The number of alkyl halides is 3. The summed E-state index contributed by atoms with van der Waals surface area (Å²) in [5.74, 6) is -5.33. The van der Waals surface area contributed by atoms with Gasteiger partial charge >= 0.3 is 6.18 Å². The maximum absolute atomic E-state index is 14.5. The Hall–Kier alpha value is -6.97. The van der Waals surface area contributed by atoms with Crippen LogP contribution in [0.2, 0.25) is 0 Å². The molecule has 0 saturated carbocycles. The number of benzene rings is 3. The molecule has 7 rings (SSSR count). The molecular weight excluding hydrogens is 677 g/mol. The van der Waals surface area contributed by atoms with Crippen molar-refractivity contribution in [2.24, 2.45) is 0 Å². The van der Waals surface area contributed by atoms with Gasteiger partial charge in [-0.2, -0.15) is 13.2 Å². The van der Waals surface area contributed by atoms with E-state index in [4.69, 9.17) is 13.1 Å². The highest BCUT2D eigenvalue weighted by Crippen LogP contribution is 2.40. The quantitative estimate of drug-likeness (QED) is 0.147. The van der Waals surface area contributed by atoms with E-state index in [0.717, 1.165) is 18.3 Å². The number of hydrogen-bond donors (Lipinski definition) is 0. The summed E-state index contributed by atoms with van der Waals surface area (Å²) in [6, 6.07) is 6.87. The Balaban J connectivity index is 1.50. The number of nitriles is 2. The lowest BCUT2D eigenvalue weighted by atomic mass is 9.92. The van der Waals surface area contributed by atoms with Crippen LogP contribution < -0.4 is 10.4 Å². The molecule has 2 aliphatic rings. The maximum Gasteiger partial charge on any atom is 0.422 e. The van der Waals surface area contributed by atoms with Gasteiger partial charge in [0.15, 0.2) is 0 Å². The van der Waals surface area contributed by atoms with Crippen LogP contribution in [0.4, 0.5) is 30.7 Å². The molecule has 0 spiro atoms. The molecule has 2 heterocycles. The molecule has 8 nitrogen and oxygen atoms in total. The first-order valence-corrected chi connectivity index (χ1v) is 14.6. The fourth-order valence-electron chi connectivity index (χ4n) is 6.45. The summed E-state index contributed by atoms with van der Waals surface area (Å²) in [5.41, 5.74) is -1.76. The Kier molecular flexibility index (Phi) is 7.39. The van der Waals surface area contributed by atoms with E-state index >= 15 is 0 Å². The summed E-state index contributed by atoms with van der Waals surface area (Å²) in [7, 11) is 0. The van der Waals surface area contributed by atoms with Crippen molar-refractivity contribution in [3.63, 3.8) is 0 Å². The molecule has 0 N–H and O–H groups in total. The van der Waals surface area contributed by atoms with Gasteiger partial charge in [0.25, 0.3) is 11.4 Å². The van der Waals surface area contributed by atoms with E-state index in [9.17, 15) is 41.3 Å². The van der Waals surface area contributed by atoms with E-state index in [0.29, 0.717) is 17.7 Å². The summed E-state index contributed by atoms with van der Waals surface area (Å²) in [6.45, 7) is 16.9. The highest BCUT2D eigenvalue weighted by atomic mass is 19.4. The first-order chi connectivity index (χ1) is 24.3. The molecule has 15 heteroatoms. The minimum atomic E-state index is -5.29. The summed E-state index contributed by atoms with van der Waals surface area (Å²) in [4.78, 5) is 24.7. The Bertz CT molecular complexity index is 2670. The molecule has 0 unspecified atom stereocenters. The van der Waals surface area contributed by atoms with Crippen LogP contribution >= 0.6 is 0 Å². The third kappa shape index (κ3) is 4.95. The largest absolute Gasteiger partial charge is 0.422 e. The molecule has 0 amide bonds. The SMILES string of the molecule is [C-]#[N+]/C(C#N)=c1\c2c(/c(=C(/C#N)[N+]#[C-])c3c1Cc1nc(-c4cc(F)c(C(F)(F)F)c(F)c4)cnc1-3)-c1ncc(-c3cc(F)c(C)c(F)c3)nc1C2. The normalized spacial score (nSPS) is 13.5. The van der Waals surface area contributed by atoms with Crippen molar-refractivity contribution >= 4 is 11.4 Å². The number of nitrogens with zero attached hydrogens (tertiary/aromatic N) is 8. The van der Waals surface area contributed by atoms with Crippen molar-refractivity contribution in [1.82, 2.24) is 19.9 Å². The standard InChI is InChI=1S/C36H13F7N8/c1-14-19(37)4-15(5-20(14)38)27-12-48-34-23(50-27)8-17-29(25(10-44)46-2)18-9-24-35(31(18)32(30(17)34)26(11-45)47-3)49-13-28(51-24)16-6-21(39)33(22(40)7-16)36(41,42)43/h4-7,12-13H,8-9H2,1H3/b29-25+,32-26+. The van der Waals surface area contributed by atoms with E-state index in [-0.39, 0.29) is 96.5 Å². The molecule has 0 bridgehead atoms. The molecule has 2 aromatic heterocycles. The van der Waals surface area contributed by atoms with E-state index in [2.05, 4.69) is 29.6 Å². The zero-order valence-corrected chi connectivity index (χ0v) is 25.6. The van der Waals surface area contributed by atoms with Gasteiger partial charge in [-0.1, -0.05) is 0 Å². The van der Waals surface area contributed by atoms with Gasteiger partial charge in [-0.05, 0) is 42.3 Å². The predicted octanol–water partition coefficient (Wildman–Crippen LogP) is 6.73. The van der Waals surface area contributed by atoms with Crippen LogP contribution in [-0.4, -0.2) is 19.9 Å². The van der Waals surface area contributed by atoms with Gasteiger partial charge in [-0.15, -0.1) is 0 Å². The van der Waals surface area contributed by atoms with E-state index in [1.807, 2.05) is 12.1 Å². The average molecular weight is 691 g/mol. The van der Waals surface area contributed by atoms with Crippen LogP contribution in [-0.2, 0) is 19.0 Å². The van der Waals surface area contributed by atoms with Gasteiger partial charge in [-0.3, -0.25) is 9.97 Å². The van der Waals surface area contributed by atoms with E-state index < -0.39 is 40.7 Å². The topological polar surface area (TPSA) is 108 Å². The Labute approximate surface area is 282 Å². The third-order valence-corrected chi connectivity index (χ3v) is 8.67. The molecule has 0 atom stereocenters. The summed E-state index contributed by atoms with van der Waals surface area (Å²) in [6.07, 6.45) is -3.21. The van der Waals surface area contributed by atoms with E-state index in [1.54, 1.807) is 0 Å². The summed E-state index contributed by atoms with van der Waals surface area (Å²) in [5, 5.41) is 20.3. The van der Waals surface area contributed by atoms with Crippen molar-refractivity contribution < 1.29 is 30.7 Å². The number of halogens is 7. The summed E-state index contributed by atoms with van der Waals surface area (Å²) >= 11 is 0. The van der Waals surface area contributed by atoms with Gasteiger partial charge in [0.2, 0.25) is 0 Å². The van der Waals surface area contributed by atoms with Crippen molar-refractivity contribution in [3.8, 4) is 57.2 Å². The number of fused-ring (bicyclic) bond motifs is 6. The van der Waals surface area contributed by atoms with Crippen LogP contribution in [0, 0.1) is 66.0 Å². The first kappa shape index (κ1) is 32.6. The number of hydrogen-bond acceptors (Lipinski definition) is 6. The third-order valence-electron chi connectivity index (χ3n) is 8.67. The predicted molar refractivity (Wildman–Crippen MR) is 165 cm³/mol. The molecule has 0 saturated heterocycles. The van der Waals surface area contributed by atoms with E-state index in [1.165, 1.54) is 13.1 Å². The zero-order chi connectivity index (χ0) is 36.5. The Morgan fingerprint density at radius 1 is 0.706 bits per heavy atom. The van der Waals surface area contributed by atoms with Crippen LogP contribution in [0.15, 0.2) is 36.7 Å². The van der Waals surface area contributed by atoms with Gasteiger partial charge in [-0.25, -0.2) is 47.7 Å². The molecule has 3 aromatic carbocycles. The molecule has 51 heavy (non-hydrogen) atoms. The highest BCUT2D eigenvalue weighted by molar-refractivity contribution is 5.91. The van der Waals surface area contributed by atoms with Gasteiger partial charge < -0.3 is 0 Å². The Morgan fingerprint density at radius 2 is 1.12 bits per heavy atom. The van der Waals surface area contributed by atoms with Crippen LogP contribution in [0.25, 0.3) is 66.1 Å². The monoisotopic (exact) mass is 690 g/mol. The maximum atomic E-state index is 14.5. The van der Waals surface area contributed by atoms with Gasteiger partial charge in [0.1, 0.15) is 28.8 Å². The van der Waals surface area contributed by atoms with Crippen molar-refractivity contribution in [3.05, 3.63) is 127 Å². The van der Waals surface area contributed by atoms with Crippen LogP contribution in [0.1, 0.15) is 33.6 Å². The van der Waals surface area contributed by atoms with Crippen LogP contribution in [0.3, 0.4) is 0 Å². The molecule has 246 valence electrons. The second-order valence-electron chi connectivity index (χ2n) is 11.4. The second kappa shape index (κ2) is 11.6. The smallest absolute Gasteiger partial charge is 0.252 e. The molecule has 2 aliphatic carbocycles. The van der Waals surface area contributed by atoms with Crippen molar-refractivity contribution in [2.45, 2.75) is 25.9 Å². The lowest BCUT2D eigenvalue weighted by Gasteiger charge is -2.12. The zero-order valence-electron chi connectivity index (χ0n) is 25.6. The van der Waals surface area contributed by atoms with Crippen molar-refractivity contribution in [1.29, 1.82) is 10.5 Å². The second-order valence-corrected chi connectivity index (χ2v) is 11.4. The summed E-state index contributed by atoms with van der Waals surface area (Å²) < 4.78 is 97.4. The molecule has 5 aromatic rings. The minimum absolute atomic E-state index is 0.0455. The van der Waals surface area contributed by atoms with Crippen LogP contribution in [0.5, 0.6) is 0 Å². The lowest BCUT2D eigenvalue weighted by molar-refractivity contribution is -0.142. The lowest BCUT2D eigenvalue weighted by Crippen LogP contribution is -2.26. The van der Waals surface area contributed by atoms with Gasteiger partial charge in [0, 0.05) is 51.1 Å². The molecule has 0 radical (unpaired) electrons. The molecule has 0 fully saturated rings. The fourth-order valence-corrected chi connectivity index (χ4v) is 6.45. The minimum Gasteiger partial charge on any atom is -0.252 e. The first-order valence-electron chi connectivity index (χ1n) is 14.6. The average Bonchev–Trinajstić information content (AvgIpc) is 3.65.